The summed E-state index contributed by atoms with van der Waals surface area (Å²) in [4.78, 5) is 62.1. The molecule has 9 nitrogen and oxygen atoms in total. The molecule has 6 atom stereocenters. The molecular weight excluding hydrogens is 794 g/mol. The number of fused-ring (bicyclic) bond motifs is 4. The number of para-hydroxylation sites is 1. The van der Waals surface area contributed by atoms with Gasteiger partial charge >= 0.3 is 0 Å². The van der Waals surface area contributed by atoms with E-state index in [4.69, 9.17) is 16.3 Å². The first-order valence-corrected chi connectivity index (χ1v) is 19.6. The van der Waals surface area contributed by atoms with Crippen LogP contribution >= 0.6 is 27.5 Å². The van der Waals surface area contributed by atoms with E-state index in [0.29, 0.717) is 32.0 Å². The Labute approximate surface area is 336 Å². The number of carbonyl (C=O) groups is 4. The summed E-state index contributed by atoms with van der Waals surface area (Å²) in [6.07, 6.45) is 2.43. The molecule has 2 heterocycles. The van der Waals surface area contributed by atoms with Crippen LogP contribution in [0.5, 0.6) is 11.5 Å². The molecule has 9 rings (SSSR count). The smallest absolute Gasteiger partial charge is 0.246 e. The fourth-order valence-electron chi connectivity index (χ4n) is 9.67. The monoisotopic (exact) mass is 827 g/mol. The van der Waals surface area contributed by atoms with Crippen LogP contribution in [0.1, 0.15) is 29.9 Å². The summed E-state index contributed by atoms with van der Waals surface area (Å²) in [5.41, 5.74) is 3.10. The number of carbonyl (C=O) groups excluding carboxylic acids is 4. The molecule has 280 valence electrons. The number of phenolic OH excluding ortho intramolecular Hbond substituents is 1. The third-order valence-corrected chi connectivity index (χ3v) is 12.8. The second kappa shape index (κ2) is 13.8. The normalized spacial score (nSPS) is 25.4. The molecule has 2 N–H and O–H groups in total. The van der Waals surface area contributed by atoms with Crippen molar-refractivity contribution in [2.75, 3.05) is 22.2 Å². The molecule has 3 fully saturated rings. The van der Waals surface area contributed by atoms with E-state index >= 15 is 9.59 Å². The maximum atomic E-state index is 15.5. The number of hydrogen-bond acceptors (Lipinski definition) is 7. The molecule has 2 aliphatic carbocycles. The Hall–Kier alpha value is -5.71. The van der Waals surface area contributed by atoms with Crippen LogP contribution in [-0.2, 0) is 24.6 Å². The van der Waals surface area contributed by atoms with Crippen LogP contribution in [0.2, 0.25) is 5.02 Å². The number of benzene rings is 5. The van der Waals surface area contributed by atoms with Gasteiger partial charge in [0.1, 0.15) is 0 Å². The molecule has 4 amide bonds. The third-order valence-electron chi connectivity index (χ3n) is 12.0. The standard InChI is InChI=1S/C45H35BrClN3O6/c1-56-37-22-25(21-36(46)40(37)51)39-32-19-20-33-38(43(54)49(41(33)52)30-17-15-29(16-18-30)48-28-12-6-3-7-13-28)34(32)24-35-42(53)50(31-14-8-11-27(47)23-31)44(55)45(35,39)26-9-4-2-5-10-26/h2-19,21-23,33-35,38-39,48,51H,20,24H2,1H3. The van der Waals surface area contributed by atoms with Crippen molar-refractivity contribution in [3.63, 3.8) is 0 Å². The molecule has 2 aliphatic heterocycles. The van der Waals surface area contributed by atoms with Gasteiger partial charge in [-0.05, 0) is 113 Å². The number of nitrogens with one attached hydrogen (secondary N) is 1. The second-order valence-corrected chi connectivity index (χ2v) is 16.0. The largest absolute Gasteiger partial charge is 0.503 e. The number of allylic oxidation sites excluding steroid dienone is 2. The van der Waals surface area contributed by atoms with E-state index in [1.165, 1.54) is 16.9 Å². The lowest BCUT2D eigenvalue weighted by Gasteiger charge is -2.50. The number of ether oxygens (including phenoxy) is 1. The van der Waals surface area contributed by atoms with E-state index in [-0.39, 0.29) is 36.2 Å². The van der Waals surface area contributed by atoms with E-state index in [1.807, 2.05) is 78.9 Å². The lowest BCUT2D eigenvalue weighted by Crippen LogP contribution is -2.53. The minimum atomic E-state index is -1.47. The van der Waals surface area contributed by atoms with E-state index in [2.05, 4.69) is 21.2 Å². The predicted molar refractivity (Wildman–Crippen MR) is 217 cm³/mol. The molecule has 0 aromatic heterocycles. The molecular formula is C45H35BrClN3O6. The Bertz CT molecular complexity index is 2460. The first-order chi connectivity index (χ1) is 27.1. The van der Waals surface area contributed by atoms with Crippen molar-refractivity contribution in [2.45, 2.75) is 24.2 Å². The van der Waals surface area contributed by atoms with Gasteiger partial charge in [-0.3, -0.25) is 24.1 Å². The van der Waals surface area contributed by atoms with Gasteiger partial charge in [0.25, 0.3) is 0 Å². The maximum absolute atomic E-state index is 15.5. The minimum Gasteiger partial charge on any atom is -0.503 e. The highest BCUT2D eigenvalue weighted by molar-refractivity contribution is 9.10. The zero-order valence-corrected chi connectivity index (χ0v) is 32.4. The lowest BCUT2D eigenvalue weighted by molar-refractivity contribution is -0.127. The summed E-state index contributed by atoms with van der Waals surface area (Å²) in [6, 6.07) is 36.3. The zero-order valence-electron chi connectivity index (χ0n) is 30.1. The first-order valence-electron chi connectivity index (χ1n) is 18.4. The second-order valence-electron chi connectivity index (χ2n) is 14.7. The summed E-state index contributed by atoms with van der Waals surface area (Å²) in [5.74, 6) is -5.10. The molecule has 0 bridgehead atoms. The number of hydrogen-bond donors (Lipinski definition) is 2. The number of methoxy groups -OCH3 is 1. The van der Waals surface area contributed by atoms with Crippen LogP contribution in [0.4, 0.5) is 22.7 Å². The number of rotatable bonds is 7. The van der Waals surface area contributed by atoms with E-state index in [9.17, 15) is 14.7 Å². The highest BCUT2D eigenvalue weighted by atomic mass is 79.9. The van der Waals surface area contributed by atoms with Crippen molar-refractivity contribution >= 4 is 73.9 Å². The Kier molecular flexibility index (Phi) is 8.86. The Balaban J connectivity index is 1.19. The molecule has 5 aromatic rings. The fraction of sp³-hybridized carbons (Fsp3) is 0.200. The van der Waals surface area contributed by atoms with Crippen LogP contribution in [0.25, 0.3) is 0 Å². The van der Waals surface area contributed by atoms with Gasteiger partial charge in [-0.15, -0.1) is 0 Å². The van der Waals surface area contributed by atoms with E-state index in [1.54, 1.807) is 48.5 Å². The summed E-state index contributed by atoms with van der Waals surface area (Å²) in [6.45, 7) is 0. The van der Waals surface area contributed by atoms with Crippen molar-refractivity contribution < 1.29 is 29.0 Å². The predicted octanol–water partition coefficient (Wildman–Crippen LogP) is 8.93. The van der Waals surface area contributed by atoms with Crippen molar-refractivity contribution in [3.05, 3.63) is 154 Å². The van der Waals surface area contributed by atoms with Gasteiger partial charge in [-0.2, -0.15) is 0 Å². The average Bonchev–Trinajstić information content (AvgIpc) is 3.60. The third kappa shape index (κ3) is 5.41. The molecule has 4 aliphatic rings. The molecule has 2 saturated heterocycles. The number of amides is 4. The summed E-state index contributed by atoms with van der Waals surface area (Å²) >= 11 is 9.94. The molecule has 56 heavy (non-hydrogen) atoms. The highest BCUT2D eigenvalue weighted by Crippen LogP contribution is 2.65. The van der Waals surface area contributed by atoms with Gasteiger partial charge in [-0.1, -0.05) is 77.8 Å². The van der Waals surface area contributed by atoms with Crippen molar-refractivity contribution in [1.29, 1.82) is 0 Å². The van der Waals surface area contributed by atoms with Crippen molar-refractivity contribution in [2.24, 2.45) is 23.7 Å². The summed E-state index contributed by atoms with van der Waals surface area (Å²) < 4.78 is 5.96. The summed E-state index contributed by atoms with van der Waals surface area (Å²) in [7, 11) is 1.45. The van der Waals surface area contributed by atoms with Crippen LogP contribution in [0.15, 0.2) is 137 Å². The molecule has 5 aromatic carbocycles. The SMILES string of the molecule is COc1cc(C2C3=CCC4C(=O)N(c5ccc(Nc6ccccc6)cc5)C(=O)C4C3CC3C(=O)N(c4cccc(Cl)c4)C(=O)C32c2ccccc2)cc(Br)c1O. The minimum absolute atomic E-state index is 0.113. The molecule has 11 heteroatoms. The highest BCUT2D eigenvalue weighted by Gasteiger charge is 2.70. The van der Waals surface area contributed by atoms with E-state index < -0.39 is 46.8 Å². The topological polar surface area (TPSA) is 116 Å². The van der Waals surface area contributed by atoms with Crippen LogP contribution in [-0.4, -0.2) is 35.8 Å². The average molecular weight is 829 g/mol. The molecule has 6 unspecified atom stereocenters. The van der Waals surface area contributed by atoms with E-state index in [0.717, 1.165) is 16.9 Å². The van der Waals surface area contributed by atoms with Crippen LogP contribution < -0.4 is 19.9 Å². The van der Waals surface area contributed by atoms with Gasteiger partial charge < -0.3 is 15.2 Å². The number of imide groups is 2. The quantitative estimate of drug-likeness (QED) is 0.124. The molecule has 0 radical (unpaired) electrons. The number of aromatic hydroxyl groups is 1. The molecule has 0 spiro atoms. The number of halogens is 2. The Morgan fingerprint density at radius 2 is 1.46 bits per heavy atom. The van der Waals surface area contributed by atoms with Gasteiger partial charge in [0.05, 0.1) is 46.1 Å². The molecule has 1 saturated carbocycles. The first kappa shape index (κ1) is 36.0. The van der Waals surface area contributed by atoms with Gasteiger partial charge in [0, 0.05) is 22.3 Å². The Morgan fingerprint density at radius 3 is 2.16 bits per heavy atom. The van der Waals surface area contributed by atoms with Gasteiger partial charge in [-0.25, -0.2) is 4.90 Å². The summed E-state index contributed by atoms with van der Waals surface area (Å²) in [5, 5.41) is 14.6. The van der Waals surface area contributed by atoms with Crippen LogP contribution in [0, 0.1) is 23.7 Å². The van der Waals surface area contributed by atoms with Crippen LogP contribution in [0.3, 0.4) is 0 Å². The Morgan fingerprint density at radius 1 is 0.768 bits per heavy atom. The maximum Gasteiger partial charge on any atom is 0.246 e. The lowest BCUT2D eigenvalue weighted by atomic mass is 9.49. The van der Waals surface area contributed by atoms with Crippen molar-refractivity contribution in [3.8, 4) is 11.5 Å². The number of anilines is 4. The zero-order chi connectivity index (χ0) is 38.9. The fourth-order valence-corrected chi connectivity index (χ4v) is 10.3. The number of phenols is 1. The van der Waals surface area contributed by atoms with Crippen molar-refractivity contribution in [1.82, 2.24) is 0 Å². The number of nitrogens with zero attached hydrogens (tertiary/aromatic N) is 2. The van der Waals surface area contributed by atoms with Gasteiger partial charge in [0.15, 0.2) is 11.5 Å². The van der Waals surface area contributed by atoms with Gasteiger partial charge in [0.2, 0.25) is 23.6 Å².